The van der Waals surface area contributed by atoms with E-state index in [0.29, 0.717) is 24.9 Å². The van der Waals surface area contributed by atoms with E-state index in [1.54, 1.807) is 6.07 Å². The number of aliphatic hydroxyl groups excluding tert-OH is 2. The molecule has 2 aliphatic heterocycles. The predicted molar refractivity (Wildman–Crippen MR) is 140 cm³/mol. The van der Waals surface area contributed by atoms with E-state index in [0.717, 1.165) is 12.5 Å². The molecule has 16 heteroatoms. The maximum atomic E-state index is 13.2. The number of phenols is 1. The zero-order valence-corrected chi connectivity index (χ0v) is 23.5. The average Bonchev–Trinajstić information content (AvgIpc) is 3.32. The van der Waals surface area contributed by atoms with Crippen molar-refractivity contribution in [2.75, 3.05) is 13.6 Å². The van der Waals surface area contributed by atoms with E-state index in [4.69, 9.17) is 29.2 Å². The molecule has 1 saturated heterocycles. The standard InChI is InChI=1S/C28H31NO15/c1-11(23(34)35)41-25(38)15(43-26(39)20(33)19(32)24(36)37)10-17(31)42-14-5-6-28(40)16-9-12-3-4-13(30)21-18(12)27(28,22(14)44-21)7-8-29(16)2/h3-5,11,15-16,19-20,22,30,32-33,40H,6-10H2,1-2H3,(H,34,35)(H,36,37)/t11-,15?,16+,19+,20+,22-,27-,28+/m0/s1. The molecule has 1 unspecified atom stereocenters. The largest absolute Gasteiger partial charge is 0.504 e. The van der Waals surface area contributed by atoms with E-state index < -0.39 is 77.8 Å². The number of likely N-dealkylation sites (tertiary alicyclic amines) is 1. The fraction of sp³-hybridized carbons (Fsp3) is 0.536. The number of esters is 3. The Morgan fingerprint density at radius 1 is 1.07 bits per heavy atom. The predicted octanol–water partition coefficient (Wildman–Crippen LogP) is -1.66. The maximum Gasteiger partial charge on any atom is 0.348 e. The Kier molecular flexibility index (Phi) is 7.82. The summed E-state index contributed by atoms with van der Waals surface area (Å²) in [6.07, 6.45) is -9.05. The lowest BCUT2D eigenvalue weighted by Crippen LogP contribution is -2.74. The minimum atomic E-state index is -2.66. The first kappa shape index (κ1) is 31.2. The number of carboxylic acid groups (broad SMARTS) is 2. The molecule has 2 heterocycles. The van der Waals surface area contributed by atoms with Crippen LogP contribution in [0.1, 0.15) is 37.3 Å². The second kappa shape index (κ2) is 11.0. The van der Waals surface area contributed by atoms with Crippen LogP contribution in [0.3, 0.4) is 0 Å². The summed E-state index contributed by atoms with van der Waals surface area (Å²) in [5.74, 6) is -8.16. The summed E-state index contributed by atoms with van der Waals surface area (Å²) in [7, 11) is 1.89. The summed E-state index contributed by atoms with van der Waals surface area (Å²) in [5, 5.41) is 60.0. The first-order valence-corrected chi connectivity index (χ1v) is 13.7. The molecule has 0 radical (unpaired) electrons. The molecule has 16 nitrogen and oxygen atoms in total. The Hall–Kier alpha value is -4.25. The van der Waals surface area contributed by atoms with Gasteiger partial charge in [-0.1, -0.05) is 6.07 Å². The van der Waals surface area contributed by atoms with Gasteiger partial charge in [-0.3, -0.25) is 4.79 Å². The molecule has 1 aromatic carbocycles. The summed E-state index contributed by atoms with van der Waals surface area (Å²) < 4.78 is 21.2. The first-order valence-electron chi connectivity index (χ1n) is 13.7. The molecule has 1 aromatic rings. The minimum absolute atomic E-state index is 0.0366. The van der Waals surface area contributed by atoms with Crippen molar-refractivity contribution in [3.8, 4) is 11.5 Å². The van der Waals surface area contributed by atoms with Gasteiger partial charge < -0.3 is 54.5 Å². The number of phenolic OH excluding ortho intramolecular Hbond substituents is 1. The summed E-state index contributed by atoms with van der Waals surface area (Å²) in [6.45, 7) is 1.53. The van der Waals surface area contributed by atoms with Gasteiger partial charge in [-0.05, 0) is 51.1 Å². The highest BCUT2D eigenvalue weighted by molar-refractivity contribution is 5.89. The fourth-order valence-corrected chi connectivity index (χ4v) is 6.71. The van der Waals surface area contributed by atoms with Crippen LogP contribution in [0.4, 0.5) is 0 Å². The van der Waals surface area contributed by atoms with Crippen molar-refractivity contribution in [3.63, 3.8) is 0 Å². The molecule has 1 fully saturated rings. The van der Waals surface area contributed by atoms with Gasteiger partial charge in [-0.2, -0.15) is 0 Å². The molecule has 0 aromatic heterocycles. The molecule has 238 valence electrons. The van der Waals surface area contributed by atoms with Crippen LogP contribution in [0.5, 0.6) is 11.5 Å². The molecule has 6 N–H and O–H groups in total. The number of aliphatic carboxylic acids is 2. The van der Waals surface area contributed by atoms with Crippen LogP contribution in [0.15, 0.2) is 24.0 Å². The lowest BCUT2D eigenvalue weighted by atomic mass is 9.50. The third kappa shape index (κ3) is 4.74. The second-order valence-corrected chi connectivity index (χ2v) is 11.4. The van der Waals surface area contributed by atoms with Gasteiger partial charge in [-0.15, -0.1) is 0 Å². The van der Waals surface area contributed by atoms with Crippen molar-refractivity contribution in [1.29, 1.82) is 0 Å². The monoisotopic (exact) mass is 621 g/mol. The highest BCUT2D eigenvalue weighted by Gasteiger charge is 2.72. The first-order chi connectivity index (χ1) is 20.6. The number of benzene rings is 1. The van der Waals surface area contributed by atoms with Crippen molar-refractivity contribution in [1.82, 2.24) is 4.90 Å². The smallest absolute Gasteiger partial charge is 0.348 e. The van der Waals surface area contributed by atoms with Gasteiger partial charge in [-0.25, -0.2) is 19.2 Å². The van der Waals surface area contributed by atoms with Gasteiger partial charge in [0.2, 0.25) is 6.10 Å². The maximum absolute atomic E-state index is 13.2. The van der Waals surface area contributed by atoms with Gasteiger partial charge in [0, 0.05) is 18.0 Å². The van der Waals surface area contributed by atoms with Crippen molar-refractivity contribution in [3.05, 3.63) is 35.1 Å². The average molecular weight is 622 g/mol. The molecule has 5 rings (SSSR count). The topological polar surface area (TPSA) is 247 Å². The van der Waals surface area contributed by atoms with Gasteiger partial charge in [0.15, 0.2) is 35.9 Å². The lowest BCUT2D eigenvalue weighted by Gasteiger charge is -2.61. The third-order valence-corrected chi connectivity index (χ3v) is 8.89. The van der Waals surface area contributed by atoms with Crippen molar-refractivity contribution in [2.45, 2.75) is 80.2 Å². The molecule has 44 heavy (non-hydrogen) atoms. The van der Waals surface area contributed by atoms with Crippen LogP contribution in [-0.2, 0) is 50.0 Å². The van der Waals surface area contributed by atoms with Crippen LogP contribution in [-0.4, -0.2) is 121 Å². The zero-order chi connectivity index (χ0) is 32.3. The Morgan fingerprint density at radius 3 is 2.43 bits per heavy atom. The van der Waals surface area contributed by atoms with Gasteiger partial charge in [0.1, 0.15) is 5.76 Å². The SMILES string of the molecule is C[C@H](OC(=O)C(CC(=O)OC1=CC[C@@]2(O)[C@H]3Cc4ccc(O)c5c4[C@@]2(CCN3C)[C@H]1O5)OC(=O)[C@H](O)[C@@H](O)C(=O)O)C(=O)O. The quantitative estimate of drug-likeness (QED) is 0.126. The Labute approximate surface area is 249 Å². The number of hydrogen-bond acceptors (Lipinski definition) is 14. The number of carbonyl (C=O) groups is 5. The number of piperidine rings is 1. The number of aromatic hydroxyl groups is 1. The van der Waals surface area contributed by atoms with Gasteiger partial charge in [0.05, 0.1) is 17.4 Å². The molecule has 8 atom stereocenters. The molecule has 0 saturated carbocycles. The molecule has 2 bridgehead atoms. The zero-order valence-electron chi connectivity index (χ0n) is 23.5. The number of aliphatic hydroxyl groups is 3. The summed E-state index contributed by atoms with van der Waals surface area (Å²) >= 11 is 0. The van der Waals surface area contributed by atoms with Crippen molar-refractivity contribution < 1.29 is 73.6 Å². The van der Waals surface area contributed by atoms with Crippen LogP contribution >= 0.6 is 0 Å². The fourth-order valence-electron chi connectivity index (χ4n) is 6.71. The van der Waals surface area contributed by atoms with E-state index in [9.17, 15) is 44.4 Å². The van der Waals surface area contributed by atoms with Crippen LogP contribution in [0.2, 0.25) is 0 Å². The molecule has 4 aliphatic rings. The number of likely N-dealkylation sites (N-methyl/N-ethyl adjacent to an activating group) is 1. The van der Waals surface area contributed by atoms with Gasteiger partial charge in [0.25, 0.3) is 0 Å². The number of ether oxygens (including phenoxy) is 4. The summed E-state index contributed by atoms with van der Waals surface area (Å²) in [5.41, 5.74) is -0.976. The molecule has 0 amide bonds. The highest BCUT2D eigenvalue weighted by atomic mass is 16.6. The summed E-state index contributed by atoms with van der Waals surface area (Å²) in [4.78, 5) is 62.3. The molecule has 2 aliphatic carbocycles. The van der Waals surface area contributed by atoms with Gasteiger partial charge >= 0.3 is 29.8 Å². The number of nitrogens with zero attached hydrogens (tertiary/aromatic N) is 1. The Balaban J connectivity index is 1.41. The lowest BCUT2D eigenvalue weighted by molar-refractivity contribution is -0.186. The van der Waals surface area contributed by atoms with E-state index in [2.05, 4.69) is 0 Å². The summed E-state index contributed by atoms with van der Waals surface area (Å²) in [6, 6.07) is 2.92. The van der Waals surface area contributed by atoms with Crippen molar-refractivity contribution in [2.24, 2.45) is 0 Å². The van der Waals surface area contributed by atoms with E-state index in [1.807, 2.05) is 11.9 Å². The third-order valence-electron chi connectivity index (χ3n) is 8.89. The molecular weight excluding hydrogens is 590 g/mol. The van der Waals surface area contributed by atoms with E-state index >= 15 is 0 Å². The van der Waals surface area contributed by atoms with E-state index in [1.165, 1.54) is 12.1 Å². The Bertz CT molecular complexity index is 1460. The van der Waals surface area contributed by atoms with Crippen molar-refractivity contribution >= 4 is 29.8 Å². The number of carbonyl (C=O) groups excluding carboxylic acids is 3. The van der Waals surface area contributed by atoms with Crippen LogP contribution in [0, 0.1) is 0 Å². The van der Waals surface area contributed by atoms with Crippen LogP contribution in [0.25, 0.3) is 0 Å². The minimum Gasteiger partial charge on any atom is -0.504 e. The van der Waals surface area contributed by atoms with Crippen LogP contribution < -0.4 is 4.74 Å². The number of hydrogen-bond donors (Lipinski definition) is 6. The Morgan fingerprint density at radius 2 is 1.77 bits per heavy atom. The molecule has 1 spiro atoms. The number of carboxylic acids is 2. The van der Waals surface area contributed by atoms with E-state index in [-0.39, 0.29) is 29.7 Å². The molecular formula is C28H31NO15. The number of rotatable bonds is 10. The normalized spacial score (nSPS) is 29.1. The highest BCUT2D eigenvalue weighted by Crippen LogP contribution is 2.65. The second-order valence-electron chi connectivity index (χ2n) is 11.4.